The molecule has 0 aliphatic heterocycles. The lowest BCUT2D eigenvalue weighted by molar-refractivity contribution is 0.0526. The molecule has 1 N–H and O–H groups in total. The van der Waals surface area contributed by atoms with E-state index in [0.29, 0.717) is 53.2 Å². The summed E-state index contributed by atoms with van der Waals surface area (Å²) in [5.41, 5.74) is 2.61. The monoisotopic (exact) mass is 626 g/mol. The Labute approximate surface area is 256 Å². The number of halogens is 2. The SMILES string of the molecule is CCOC(=O)c1ccc(N[C@@H](c2ccc(N(CCCl)CCCl)cc2)P(=O)(Oc2ccccc2)Oc2ccccc2)cc1. The molecule has 0 radical (unpaired) electrons. The van der Waals surface area contributed by atoms with Crippen molar-refractivity contribution in [1.29, 1.82) is 0 Å². The third-order valence-corrected chi connectivity index (χ3v) is 8.58. The molecular formula is C32H33Cl2N2O5P. The molecule has 0 saturated carbocycles. The highest BCUT2D eigenvalue weighted by molar-refractivity contribution is 7.55. The fourth-order valence-electron chi connectivity index (χ4n) is 4.24. The van der Waals surface area contributed by atoms with E-state index in [1.54, 1.807) is 79.7 Å². The summed E-state index contributed by atoms with van der Waals surface area (Å²) in [6, 6.07) is 32.2. The molecule has 0 amide bonds. The van der Waals surface area contributed by atoms with Crippen LogP contribution in [0.15, 0.2) is 109 Å². The number of esters is 1. The van der Waals surface area contributed by atoms with Crippen molar-refractivity contribution in [2.45, 2.75) is 12.7 Å². The van der Waals surface area contributed by atoms with Gasteiger partial charge in [-0.3, -0.25) is 0 Å². The predicted octanol–water partition coefficient (Wildman–Crippen LogP) is 8.61. The van der Waals surface area contributed by atoms with E-state index in [9.17, 15) is 9.36 Å². The van der Waals surface area contributed by atoms with Crippen molar-refractivity contribution in [3.05, 3.63) is 120 Å². The number of alkyl halides is 2. The molecule has 0 aliphatic carbocycles. The summed E-state index contributed by atoms with van der Waals surface area (Å²) >= 11 is 12.0. The number of hydrogen-bond acceptors (Lipinski definition) is 7. The first-order chi connectivity index (χ1) is 20.5. The number of carbonyl (C=O) groups excluding carboxylic acids is 1. The third-order valence-electron chi connectivity index (χ3n) is 6.25. The molecule has 0 aliphatic rings. The molecule has 10 heteroatoms. The topological polar surface area (TPSA) is 77.1 Å². The lowest BCUT2D eigenvalue weighted by atomic mass is 10.1. The molecule has 1 atom stereocenters. The second-order valence-corrected chi connectivity index (χ2v) is 11.9. The van der Waals surface area contributed by atoms with E-state index >= 15 is 0 Å². The molecule has 7 nitrogen and oxygen atoms in total. The highest BCUT2D eigenvalue weighted by atomic mass is 35.5. The molecule has 220 valence electrons. The Morgan fingerprint density at radius 3 is 1.79 bits per heavy atom. The van der Waals surface area contributed by atoms with Crippen LogP contribution in [0.5, 0.6) is 11.5 Å². The van der Waals surface area contributed by atoms with Gasteiger partial charge in [-0.1, -0.05) is 48.5 Å². The molecule has 0 fully saturated rings. The second-order valence-electron chi connectivity index (χ2n) is 9.15. The van der Waals surface area contributed by atoms with Gasteiger partial charge in [-0.05, 0) is 73.2 Å². The molecule has 0 unspecified atom stereocenters. The van der Waals surface area contributed by atoms with Gasteiger partial charge in [-0.2, -0.15) is 0 Å². The van der Waals surface area contributed by atoms with Crippen LogP contribution in [0.2, 0.25) is 0 Å². The maximum absolute atomic E-state index is 14.9. The Bertz CT molecular complexity index is 1390. The molecule has 0 heterocycles. The molecular weight excluding hydrogens is 594 g/mol. The number of anilines is 2. The van der Waals surface area contributed by atoms with Crippen LogP contribution in [-0.2, 0) is 9.30 Å². The van der Waals surface area contributed by atoms with E-state index in [4.69, 9.17) is 37.0 Å². The Morgan fingerprint density at radius 1 is 0.786 bits per heavy atom. The minimum absolute atomic E-state index is 0.279. The van der Waals surface area contributed by atoms with Crippen LogP contribution in [0, 0.1) is 0 Å². The van der Waals surface area contributed by atoms with Crippen LogP contribution in [0.3, 0.4) is 0 Å². The fourth-order valence-corrected chi connectivity index (χ4v) is 6.57. The number of carbonyl (C=O) groups is 1. The van der Waals surface area contributed by atoms with E-state index in [0.717, 1.165) is 5.69 Å². The van der Waals surface area contributed by atoms with Gasteiger partial charge in [-0.15, -0.1) is 23.2 Å². The van der Waals surface area contributed by atoms with Crippen molar-refractivity contribution in [3.63, 3.8) is 0 Å². The Balaban J connectivity index is 1.76. The molecule has 0 bridgehead atoms. The zero-order valence-electron chi connectivity index (χ0n) is 23.2. The first-order valence-electron chi connectivity index (χ1n) is 13.6. The van der Waals surface area contributed by atoms with Gasteiger partial charge in [0.15, 0.2) is 5.78 Å². The van der Waals surface area contributed by atoms with Gasteiger partial charge in [0, 0.05) is 36.2 Å². The quantitative estimate of drug-likeness (QED) is 0.0804. The summed E-state index contributed by atoms with van der Waals surface area (Å²) in [6.45, 7) is 3.30. The van der Waals surface area contributed by atoms with Crippen molar-refractivity contribution in [2.75, 3.05) is 41.7 Å². The highest BCUT2D eigenvalue weighted by Gasteiger charge is 2.41. The summed E-state index contributed by atoms with van der Waals surface area (Å²) < 4.78 is 32.4. The van der Waals surface area contributed by atoms with Crippen LogP contribution in [0.4, 0.5) is 11.4 Å². The zero-order valence-corrected chi connectivity index (χ0v) is 25.6. The molecule has 4 aromatic rings. The number of nitrogens with one attached hydrogen (secondary N) is 1. The van der Waals surface area contributed by atoms with E-state index in [-0.39, 0.29) is 6.61 Å². The van der Waals surface area contributed by atoms with Crippen LogP contribution >= 0.6 is 30.8 Å². The summed E-state index contributed by atoms with van der Waals surface area (Å²) in [6.07, 6.45) is 0. The number of rotatable bonds is 15. The lowest BCUT2D eigenvalue weighted by Gasteiger charge is -2.30. The van der Waals surface area contributed by atoms with E-state index < -0.39 is 19.3 Å². The van der Waals surface area contributed by atoms with Crippen molar-refractivity contribution in [2.24, 2.45) is 0 Å². The summed E-state index contributed by atoms with van der Waals surface area (Å²) in [7, 11) is -4.03. The fraction of sp³-hybridized carbons (Fsp3) is 0.219. The molecule has 0 saturated heterocycles. The maximum Gasteiger partial charge on any atom is 0.457 e. The van der Waals surface area contributed by atoms with Gasteiger partial charge < -0.3 is 24.0 Å². The van der Waals surface area contributed by atoms with Gasteiger partial charge in [0.05, 0.1) is 12.2 Å². The lowest BCUT2D eigenvalue weighted by Crippen LogP contribution is -2.27. The first kappa shape index (κ1) is 31.3. The van der Waals surface area contributed by atoms with E-state index in [2.05, 4.69) is 10.2 Å². The van der Waals surface area contributed by atoms with Gasteiger partial charge in [0.25, 0.3) is 0 Å². The zero-order chi connectivity index (χ0) is 29.8. The molecule has 0 aromatic heterocycles. The first-order valence-corrected chi connectivity index (χ1v) is 16.2. The Morgan fingerprint density at radius 2 is 1.31 bits per heavy atom. The number of nitrogens with zero attached hydrogens (tertiary/aromatic N) is 1. The number of hydrogen-bond donors (Lipinski definition) is 1. The summed E-state index contributed by atoms with van der Waals surface area (Å²) in [5.74, 6) is 0.349. The normalized spacial score (nSPS) is 11.8. The molecule has 4 aromatic carbocycles. The second kappa shape index (κ2) is 15.5. The van der Waals surface area contributed by atoms with Gasteiger partial charge in [0.1, 0.15) is 11.5 Å². The molecule has 42 heavy (non-hydrogen) atoms. The summed E-state index contributed by atoms with van der Waals surface area (Å²) in [5, 5.41) is 3.35. The minimum atomic E-state index is -4.03. The highest BCUT2D eigenvalue weighted by Crippen LogP contribution is 2.60. The Kier molecular flexibility index (Phi) is 11.6. The van der Waals surface area contributed by atoms with Crippen molar-refractivity contribution >= 4 is 48.1 Å². The molecule has 0 spiro atoms. The molecule has 4 rings (SSSR count). The van der Waals surface area contributed by atoms with Crippen LogP contribution in [0.1, 0.15) is 28.6 Å². The van der Waals surface area contributed by atoms with Crippen molar-refractivity contribution in [1.82, 2.24) is 0 Å². The van der Waals surface area contributed by atoms with Crippen LogP contribution < -0.4 is 19.3 Å². The van der Waals surface area contributed by atoms with Gasteiger partial charge in [-0.25, -0.2) is 9.36 Å². The average Bonchev–Trinajstić information content (AvgIpc) is 3.01. The number of ether oxygens (including phenoxy) is 1. The maximum atomic E-state index is 14.9. The minimum Gasteiger partial charge on any atom is -0.462 e. The van der Waals surface area contributed by atoms with Crippen molar-refractivity contribution in [3.8, 4) is 11.5 Å². The van der Waals surface area contributed by atoms with E-state index in [1.165, 1.54) is 0 Å². The van der Waals surface area contributed by atoms with Gasteiger partial charge in [0.2, 0.25) is 0 Å². The number of benzene rings is 4. The Hall–Kier alpha value is -3.64. The average molecular weight is 628 g/mol. The largest absolute Gasteiger partial charge is 0.462 e. The number of para-hydroxylation sites is 2. The van der Waals surface area contributed by atoms with Gasteiger partial charge >= 0.3 is 13.6 Å². The van der Waals surface area contributed by atoms with Crippen molar-refractivity contribution < 1.29 is 23.1 Å². The van der Waals surface area contributed by atoms with Crippen LogP contribution in [0.25, 0.3) is 0 Å². The predicted molar refractivity (Wildman–Crippen MR) is 171 cm³/mol. The third kappa shape index (κ3) is 8.45. The smallest absolute Gasteiger partial charge is 0.457 e. The van der Waals surface area contributed by atoms with Crippen LogP contribution in [-0.4, -0.2) is 37.4 Å². The standard InChI is InChI=1S/C32H33Cl2N2O5P/c1-2-39-32(37)26-13-17-27(18-14-26)35-31(25-15-19-28(20-16-25)36(23-21-33)24-22-34)42(38,40-29-9-5-3-6-10-29)41-30-11-7-4-8-12-30/h3-20,31,35H,2,21-24H2,1H3/t31-/m1/s1. The summed E-state index contributed by atoms with van der Waals surface area (Å²) in [4.78, 5) is 14.3. The van der Waals surface area contributed by atoms with E-state index in [1.807, 2.05) is 36.4 Å².